The van der Waals surface area contributed by atoms with Crippen LogP contribution in [0, 0.1) is 0 Å². The molecule has 4 nitrogen and oxygen atoms in total. The van der Waals surface area contributed by atoms with Crippen molar-refractivity contribution >= 4 is 23.7 Å². The maximum absolute atomic E-state index is 4.85. The predicted octanol–water partition coefficient (Wildman–Crippen LogP) is 0.259. The van der Waals surface area contributed by atoms with Gasteiger partial charge in [-0.15, -0.1) is 0 Å². The molecule has 2 heterocycles. The second-order valence-electron chi connectivity index (χ2n) is 1.81. The van der Waals surface area contributed by atoms with Gasteiger partial charge < -0.3 is 17.6 Å². The van der Waals surface area contributed by atoms with E-state index < -0.39 is 0 Å². The normalized spacial score (nSPS) is 10.4. The monoisotopic (exact) mass is 151 g/mol. The van der Waals surface area contributed by atoms with E-state index >= 15 is 0 Å². The van der Waals surface area contributed by atoms with E-state index in [9.17, 15) is 0 Å². The Morgan fingerprint density at radius 2 is 2.40 bits per heavy atom. The fourth-order valence-electron chi connectivity index (χ4n) is 0.760. The first-order chi connectivity index (χ1) is 4.88. The van der Waals surface area contributed by atoms with Gasteiger partial charge in [-0.1, -0.05) is 0 Å². The number of aromatic nitrogens is 4. The van der Waals surface area contributed by atoms with Crippen molar-refractivity contribution < 1.29 is 0 Å². The van der Waals surface area contributed by atoms with Crippen molar-refractivity contribution in [2.24, 2.45) is 0 Å². The maximum atomic E-state index is 4.85. The Morgan fingerprint density at radius 1 is 1.50 bits per heavy atom. The number of hydrogen-bond acceptors (Lipinski definition) is 4. The van der Waals surface area contributed by atoms with Crippen molar-refractivity contribution in [2.75, 3.05) is 0 Å². The van der Waals surface area contributed by atoms with Crippen LogP contribution >= 0.6 is 0 Å². The molecule has 0 unspecified atom stereocenters. The van der Waals surface area contributed by atoms with Gasteiger partial charge in [-0.25, -0.2) is 4.98 Å². The molecule has 0 aliphatic heterocycles. The zero-order valence-electron chi connectivity index (χ0n) is 4.90. The summed E-state index contributed by atoms with van der Waals surface area (Å²) in [6.07, 6.45) is 3.17. The summed E-state index contributed by atoms with van der Waals surface area (Å²) in [4.78, 5) is 6.84. The van der Waals surface area contributed by atoms with E-state index in [0.29, 0.717) is 10.5 Å². The number of hydrogen-bond donors (Lipinski definition) is 1. The van der Waals surface area contributed by atoms with Crippen molar-refractivity contribution in [1.82, 2.24) is 20.2 Å². The molecular formula is C5H3N4S-. The lowest BCUT2D eigenvalue weighted by Gasteiger charge is -1.99. The predicted molar refractivity (Wildman–Crippen MR) is 37.3 cm³/mol. The Bertz CT molecular complexity index is 355. The lowest BCUT2D eigenvalue weighted by atomic mass is 10.5. The number of imidazole rings is 1. The van der Waals surface area contributed by atoms with Gasteiger partial charge in [-0.2, -0.15) is 10.2 Å². The van der Waals surface area contributed by atoms with Crippen LogP contribution < -0.4 is 0 Å². The smallest absolute Gasteiger partial charge is 0.0932 e. The average molecular weight is 151 g/mol. The fraction of sp³-hybridized carbons (Fsp3) is 0. The second-order valence-corrected chi connectivity index (χ2v) is 2.20. The van der Waals surface area contributed by atoms with Crippen LogP contribution in [0.25, 0.3) is 11.0 Å². The number of rotatable bonds is 0. The van der Waals surface area contributed by atoms with Gasteiger partial charge in [-0.05, 0) is 5.03 Å². The molecule has 0 amide bonds. The Labute approximate surface area is 62.1 Å². The molecule has 0 saturated heterocycles. The molecule has 0 aliphatic carbocycles. The van der Waals surface area contributed by atoms with Gasteiger partial charge in [0.2, 0.25) is 0 Å². The Hall–Kier alpha value is -1.23. The first kappa shape index (κ1) is 5.55. The van der Waals surface area contributed by atoms with Gasteiger partial charge in [0.05, 0.1) is 23.6 Å². The van der Waals surface area contributed by atoms with Crippen molar-refractivity contribution in [3.05, 3.63) is 12.5 Å². The number of nitrogens with one attached hydrogen (secondary N) is 1. The molecule has 0 radical (unpaired) electrons. The van der Waals surface area contributed by atoms with Gasteiger partial charge >= 0.3 is 0 Å². The first-order valence-electron chi connectivity index (χ1n) is 2.70. The highest BCUT2D eigenvalue weighted by molar-refractivity contribution is 7.58. The number of aromatic amines is 1. The molecule has 5 heteroatoms. The molecule has 2 aromatic heterocycles. The van der Waals surface area contributed by atoms with Crippen molar-refractivity contribution in [3.63, 3.8) is 0 Å². The van der Waals surface area contributed by atoms with Gasteiger partial charge in [0, 0.05) is 0 Å². The number of fused-ring (bicyclic) bond motifs is 1. The molecule has 0 bridgehead atoms. The molecule has 50 valence electrons. The van der Waals surface area contributed by atoms with Crippen LogP contribution in [0.3, 0.4) is 0 Å². The molecule has 2 aromatic rings. The highest BCUT2D eigenvalue weighted by Gasteiger charge is 1.93. The maximum Gasteiger partial charge on any atom is 0.0932 e. The molecule has 0 saturated carbocycles. The Balaban J connectivity index is 2.95. The molecule has 10 heavy (non-hydrogen) atoms. The highest BCUT2D eigenvalue weighted by atomic mass is 32.1. The lowest BCUT2D eigenvalue weighted by Crippen LogP contribution is -1.85. The Kier molecular flexibility index (Phi) is 1.04. The van der Waals surface area contributed by atoms with Crippen LogP contribution in [0.2, 0.25) is 0 Å². The van der Waals surface area contributed by atoms with Crippen LogP contribution in [0.1, 0.15) is 0 Å². The average Bonchev–Trinajstić information content (AvgIpc) is 2.36. The fourth-order valence-corrected chi connectivity index (χ4v) is 0.969. The quantitative estimate of drug-likeness (QED) is 0.549. The van der Waals surface area contributed by atoms with Crippen molar-refractivity contribution in [2.45, 2.75) is 5.03 Å². The van der Waals surface area contributed by atoms with E-state index in [4.69, 9.17) is 12.6 Å². The van der Waals surface area contributed by atoms with Crippen LogP contribution in [-0.4, -0.2) is 20.2 Å². The summed E-state index contributed by atoms with van der Waals surface area (Å²) in [6.45, 7) is 0. The zero-order valence-corrected chi connectivity index (χ0v) is 5.72. The van der Waals surface area contributed by atoms with Gasteiger partial charge in [0.1, 0.15) is 0 Å². The summed E-state index contributed by atoms with van der Waals surface area (Å²) in [5.74, 6) is 0. The van der Waals surface area contributed by atoms with Crippen LogP contribution in [0.4, 0.5) is 0 Å². The molecule has 1 N–H and O–H groups in total. The molecule has 0 spiro atoms. The summed E-state index contributed by atoms with van der Waals surface area (Å²) in [5.41, 5.74) is 1.55. The van der Waals surface area contributed by atoms with E-state index in [1.54, 1.807) is 12.5 Å². The molecular weight excluding hydrogens is 148 g/mol. The molecule has 0 aromatic carbocycles. The second kappa shape index (κ2) is 1.88. The van der Waals surface area contributed by atoms with E-state index in [0.717, 1.165) is 5.52 Å². The zero-order chi connectivity index (χ0) is 6.97. The van der Waals surface area contributed by atoms with E-state index in [1.165, 1.54) is 0 Å². The summed E-state index contributed by atoms with van der Waals surface area (Å²) >= 11 is 4.85. The highest BCUT2D eigenvalue weighted by Crippen LogP contribution is 2.08. The summed E-state index contributed by atoms with van der Waals surface area (Å²) in [7, 11) is 0. The van der Waals surface area contributed by atoms with Gasteiger partial charge in [0.15, 0.2) is 0 Å². The van der Waals surface area contributed by atoms with Crippen LogP contribution in [-0.2, 0) is 12.6 Å². The van der Waals surface area contributed by atoms with Gasteiger partial charge in [0.25, 0.3) is 0 Å². The van der Waals surface area contributed by atoms with E-state index in [2.05, 4.69) is 20.2 Å². The number of nitrogens with zero attached hydrogens (tertiary/aromatic N) is 3. The third-order valence-electron chi connectivity index (χ3n) is 1.21. The topological polar surface area (TPSA) is 54.5 Å². The lowest BCUT2D eigenvalue weighted by molar-refractivity contribution is 0.952. The molecule has 0 fully saturated rings. The third kappa shape index (κ3) is 0.640. The molecule has 0 aliphatic rings. The summed E-state index contributed by atoms with van der Waals surface area (Å²) in [5, 5.41) is 7.76. The van der Waals surface area contributed by atoms with E-state index in [1.807, 2.05) is 0 Å². The Morgan fingerprint density at radius 3 is 3.20 bits per heavy atom. The van der Waals surface area contributed by atoms with Crippen LogP contribution in [0.5, 0.6) is 0 Å². The van der Waals surface area contributed by atoms with Crippen molar-refractivity contribution in [3.8, 4) is 0 Å². The largest absolute Gasteiger partial charge is 0.756 e. The minimum absolute atomic E-state index is 0.443. The van der Waals surface area contributed by atoms with Gasteiger partial charge in [-0.3, -0.25) is 0 Å². The minimum Gasteiger partial charge on any atom is -0.756 e. The SMILES string of the molecule is [S-]c1nncc2[nH]cnc12. The molecule has 2 rings (SSSR count). The minimum atomic E-state index is 0.443. The summed E-state index contributed by atoms with van der Waals surface area (Å²) in [6, 6.07) is 0. The van der Waals surface area contributed by atoms with Crippen molar-refractivity contribution in [1.29, 1.82) is 0 Å². The third-order valence-corrected chi connectivity index (χ3v) is 1.48. The van der Waals surface area contributed by atoms with Crippen LogP contribution in [0.15, 0.2) is 17.6 Å². The molecule has 0 atom stereocenters. The standard InChI is InChI=1S/C5H4N4S/c10-5-4-3(1-8-9-5)6-2-7-4/h1-2H,(H,6,7)(H,9,10)/p-1. The first-order valence-corrected chi connectivity index (χ1v) is 3.10. The van der Waals surface area contributed by atoms with E-state index in [-0.39, 0.29) is 0 Å². The summed E-state index contributed by atoms with van der Waals surface area (Å²) < 4.78 is 0. The number of H-pyrrole nitrogens is 1.